The molecule has 0 aliphatic carbocycles. The van der Waals surface area contributed by atoms with Gasteiger partial charge in [-0.15, -0.1) is 0 Å². The molecule has 4 nitrogen and oxygen atoms in total. The highest BCUT2D eigenvalue weighted by Crippen LogP contribution is 2.32. The standard InChI is InChI=1S/C25H26F3N3O/c1-29-24(32)23-13-20(30-14-18-8-3-5-12-22(18)25(26,27)28)16-31(23)15-19-10-6-9-17-7-2-4-11-21(17)19/h2-12,20,23,30H,13-16H2,1H3,(H,29,32)/t20-,23-/m0/s1. The number of halogens is 3. The second kappa shape index (κ2) is 9.30. The number of likely N-dealkylation sites (N-methyl/N-ethyl adjacent to an activating group) is 1. The third-order valence-corrected chi connectivity index (χ3v) is 6.11. The molecule has 168 valence electrons. The van der Waals surface area contributed by atoms with Crippen LogP contribution in [0.2, 0.25) is 0 Å². The molecule has 2 N–H and O–H groups in total. The van der Waals surface area contributed by atoms with E-state index in [4.69, 9.17) is 0 Å². The van der Waals surface area contributed by atoms with E-state index < -0.39 is 11.7 Å². The lowest BCUT2D eigenvalue weighted by Crippen LogP contribution is -2.41. The fourth-order valence-electron chi connectivity index (χ4n) is 4.52. The molecule has 4 rings (SSSR count). The van der Waals surface area contributed by atoms with Crippen LogP contribution in [0.3, 0.4) is 0 Å². The van der Waals surface area contributed by atoms with Crippen LogP contribution in [0, 0.1) is 0 Å². The van der Waals surface area contributed by atoms with Crippen molar-refractivity contribution in [3.63, 3.8) is 0 Å². The summed E-state index contributed by atoms with van der Waals surface area (Å²) in [4.78, 5) is 14.7. The fourth-order valence-corrected chi connectivity index (χ4v) is 4.52. The lowest BCUT2D eigenvalue weighted by molar-refractivity contribution is -0.138. The summed E-state index contributed by atoms with van der Waals surface area (Å²) >= 11 is 0. The van der Waals surface area contributed by atoms with E-state index in [0.29, 0.717) is 19.5 Å². The zero-order chi connectivity index (χ0) is 22.7. The van der Waals surface area contributed by atoms with Crippen LogP contribution in [0.25, 0.3) is 10.8 Å². The largest absolute Gasteiger partial charge is 0.416 e. The van der Waals surface area contributed by atoms with Gasteiger partial charge in [0.1, 0.15) is 0 Å². The van der Waals surface area contributed by atoms with E-state index in [1.165, 1.54) is 12.1 Å². The SMILES string of the molecule is CNC(=O)[C@@H]1C[C@H](NCc2ccccc2C(F)(F)F)CN1Cc1cccc2ccccc12. The zero-order valence-corrected chi connectivity index (χ0v) is 17.8. The Balaban J connectivity index is 1.50. The number of carbonyl (C=O) groups excluding carboxylic acids is 1. The van der Waals surface area contributed by atoms with Crippen LogP contribution in [0.5, 0.6) is 0 Å². The number of hydrogen-bond donors (Lipinski definition) is 2. The summed E-state index contributed by atoms with van der Waals surface area (Å²) in [5, 5.41) is 8.25. The second-order valence-electron chi connectivity index (χ2n) is 8.17. The fraction of sp³-hybridized carbons (Fsp3) is 0.320. The number of amides is 1. The van der Waals surface area contributed by atoms with E-state index in [-0.39, 0.29) is 30.1 Å². The molecular weight excluding hydrogens is 415 g/mol. The van der Waals surface area contributed by atoms with E-state index >= 15 is 0 Å². The first-order valence-corrected chi connectivity index (χ1v) is 10.7. The highest BCUT2D eigenvalue weighted by atomic mass is 19.4. The van der Waals surface area contributed by atoms with E-state index in [0.717, 1.165) is 22.4 Å². The number of carbonyl (C=O) groups is 1. The van der Waals surface area contributed by atoms with Gasteiger partial charge in [-0.25, -0.2) is 0 Å². The van der Waals surface area contributed by atoms with E-state index in [1.54, 1.807) is 13.1 Å². The zero-order valence-electron chi connectivity index (χ0n) is 17.8. The van der Waals surface area contributed by atoms with Crippen molar-refractivity contribution in [2.45, 2.75) is 37.8 Å². The Kier molecular flexibility index (Phi) is 6.48. The average molecular weight is 441 g/mol. The van der Waals surface area contributed by atoms with Gasteiger partial charge in [-0.05, 0) is 34.4 Å². The Morgan fingerprint density at radius 3 is 2.47 bits per heavy atom. The van der Waals surface area contributed by atoms with Gasteiger partial charge in [0.25, 0.3) is 0 Å². The maximum Gasteiger partial charge on any atom is 0.416 e. The summed E-state index contributed by atoms with van der Waals surface area (Å²) in [6.07, 6.45) is -3.85. The Morgan fingerprint density at radius 2 is 1.69 bits per heavy atom. The minimum Gasteiger partial charge on any atom is -0.358 e. The predicted molar refractivity (Wildman–Crippen MR) is 119 cm³/mol. The summed E-state index contributed by atoms with van der Waals surface area (Å²) < 4.78 is 39.9. The third-order valence-electron chi connectivity index (χ3n) is 6.11. The van der Waals surface area contributed by atoms with Crippen LogP contribution < -0.4 is 10.6 Å². The number of rotatable bonds is 6. The van der Waals surface area contributed by atoms with Gasteiger partial charge in [0.05, 0.1) is 11.6 Å². The number of hydrogen-bond acceptors (Lipinski definition) is 3. The van der Waals surface area contributed by atoms with E-state index in [2.05, 4.69) is 39.8 Å². The molecule has 32 heavy (non-hydrogen) atoms. The maximum absolute atomic E-state index is 13.3. The quantitative estimate of drug-likeness (QED) is 0.598. The molecule has 1 fully saturated rings. The van der Waals surface area contributed by atoms with E-state index in [9.17, 15) is 18.0 Å². The normalized spacial score (nSPS) is 19.4. The molecule has 1 amide bonds. The van der Waals surface area contributed by atoms with Crippen molar-refractivity contribution in [3.05, 3.63) is 83.4 Å². The van der Waals surface area contributed by atoms with Gasteiger partial charge in [0, 0.05) is 32.7 Å². The molecule has 1 heterocycles. The molecule has 0 radical (unpaired) electrons. The van der Waals surface area contributed by atoms with Crippen molar-refractivity contribution in [2.75, 3.05) is 13.6 Å². The summed E-state index contributed by atoms with van der Waals surface area (Å²) in [5.74, 6) is -0.0785. The molecule has 1 saturated heterocycles. The number of nitrogens with one attached hydrogen (secondary N) is 2. The maximum atomic E-state index is 13.3. The van der Waals surface area contributed by atoms with Crippen molar-refractivity contribution in [3.8, 4) is 0 Å². The van der Waals surface area contributed by atoms with Crippen LogP contribution in [-0.4, -0.2) is 36.5 Å². The van der Waals surface area contributed by atoms with Crippen molar-refractivity contribution < 1.29 is 18.0 Å². The molecule has 2 atom stereocenters. The smallest absolute Gasteiger partial charge is 0.358 e. The summed E-state index contributed by atoms with van der Waals surface area (Å²) in [6, 6.07) is 19.4. The lowest BCUT2D eigenvalue weighted by Gasteiger charge is -2.23. The molecule has 3 aromatic rings. The molecule has 1 aliphatic heterocycles. The molecule has 0 aromatic heterocycles. The number of likely N-dealkylation sites (tertiary alicyclic amines) is 1. The van der Waals surface area contributed by atoms with Crippen LogP contribution >= 0.6 is 0 Å². The van der Waals surface area contributed by atoms with Gasteiger partial charge in [-0.1, -0.05) is 60.7 Å². The predicted octanol–water partition coefficient (Wildman–Crippen LogP) is 4.34. The number of fused-ring (bicyclic) bond motifs is 1. The summed E-state index contributed by atoms with van der Waals surface area (Å²) in [5.41, 5.74) is 0.713. The minimum absolute atomic E-state index is 0.0785. The van der Waals surface area contributed by atoms with Crippen molar-refractivity contribution in [1.29, 1.82) is 0 Å². The Bertz CT molecular complexity index is 1090. The Labute approximate surface area is 185 Å². The molecular formula is C25H26F3N3O. The van der Waals surface area contributed by atoms with Crippen molar-refractivity contribution in [2.24, 2.45) is 0 Å². The molecule has 0 unspecified atom stereocenters. The number of alkyl halides is 3. The van der Waals surface area contributed by atoms with E-state index in [1.807, 2.05) is 18.2 Å². The number of nitrogens with zero attached hydrogens (tertiary/aromatic N) is 1. The minimum atomic E-state index is -4.39. The van der Waals surface area contributed by atoms with Crippen molar-refractivity contribution >= 4 is 16.7 Å². The highest BCUT2D eigenvalue weighted by molar-refractivity contribution is 5.86. The summed E-state index contributed by atoms with van der Waals surface area (Å²) in [7, 11) is 1.61. The average Bonchev–Trinajstić information content (AvgIpc) is 3.19. The van der Waals surface area contributed by atoms with Gasteiger partial charge in [-0.3, -0.25) is 9.69 Å². The van der Waals surface area contributed by atoms with Crippen LogP contribution in [-0.2, 0) is 24.1 Å². The topological polar surface area (TPSA) is 44.4 Å². The molecule has 3 aromatic carbocycles. The molecule has 0 spiro atoms. The van der Waals surface area contributed by atoms with Gasteiger partial charge >= 0.3 is 6.18 Å². The first-order valence-electron chi connectivity index (χ1n) is 10.7. The van der Waals surface area contributed by atoms with Gasteiger partial charge in [0.15, 0.2) is 0 Å². The highest BCUT2D eigenvalue weighted by Gasteiger charge is 2.37. The molecule has 0 bridgehead atoms. The molecule has 1 aliphatic rings. The summed E-state index contributed by atoms with van der Waals surface area (Å²) in [6.45, 7) is 1.27. The van der Waals surface area contributed by atoms with Crippen LogP contribution in [0.1, 0.15) is 23.1 Å². The second-order valence-corrected chi connectivity index (χ2v) is 8.17. The third kappa shape index (κ3) is 4.79. The first kappa shape index (κ1) is 22.3. The van der Waals surface area contributed by atoms with Crippen molar-refractivity contribution in [1.82, 2.24) is 15.5 Å². The van der Waals surface area contributed by atoms with Crippen LogP contribution in [0.4, 0.5) is 13.2 Å². The van der Waals surface area contributed by atoms with Gasteiger partial charge in [-0.2, -0.15) is 13.2 Å². The van der Waals surface area contributed by atoms with Gasteiger partial charge < -0.3 is 10.6 Å². The first-order chi connectivity index (χ1) is 15.4. The molecule has 7 heteroatoms. The monoisotopic (exact) mass is 441 g/mol. The van der Waals surface area contributed by atoms with Gasteiger partial charge in [0.2, 0.25) is 5.91 Å². The lowest BCUT2D eigenvalue weighted by atomic mass is 10.0. The Hall–Kier alpha value is -2.90. The van der Waals surface area contributed by atoms with Crippen LogP contribution in [0.15, 0.2) is 66.7 Å². The number of benzene rings is 3. The molecule has 0 saturated carbocycles. The Morgan fingerprint density at radius 1 is 1.00 bits per heavy atom.